The summed E-state index contributed by atoms with van der Waals surface area (Å²) >= 11 is -1.42. The molecule has 2 aromatic rings. The van der Waals surface area contributed by atoms with Gasteiger partial charge in [-0.25, -0.2) is 9.52 Å². The molecule has 0 amide bonds. The van der Waals surface area contributed by atoms with Crippen molar-refractivity contribution in [3.8, 4) is 0 Å². The van der Waals surface area contributed by atoms with Crippen LogP contribution in [0.5, 0.6) is 0 Å². The van der Waals surface area contributed by atoms with Gasteiger partial charge < -0.3 is 9.66 Å². The van der Waals surface area contributed by atoms with Crippen LogP contribution in [-0.4, -0.2) is 15.6 Å². The van der Waals surface area contributed by atoms with Crippen molar-refractivity contribution in [2.24, 2.45) is 0 Å². The highest BCUT2D eigenvalue weighted by molar-refractivity contribution is 7.92. The first kappa shape index (κ1) is 19.8. The predicted molar refractivity (Wildman–Crippen MR) is 110 cm³/mol. The largest absolute Gasteiger partial charge is 0.588 e. The van der Waals surface area contributed by atoms with Crippen molar-refractivity contribution in [1.29, 1.82) is 0 Å². The quantitative estimate of drug-likeness (QED) is 0.712. The lowest BCUT2D eigenvalue weighted by molar-refractivity contribution is 0.0697. The second-order valence-corrected chi connectivity index (χ2v) is 9.87. The molecule has 5 heteroatoms. The van der Waals surface area contributed by atoms with E-state index in [-0.39, 0.29) is 16.4 Å². The summed E-state index contributed by atoms with van der Waals surface area (Å²) in [6.45, 7) is 11.1. The number of anilines is 1. The van der Waals surface area contributed by atoms with E-state index in [0.717, 1.165) is 23.3 Å². The van der Waals surface area contributed by atoms with Crippen LogP contribution in [0.2, 0.25) is 0 Å². The molecule has 0 aliphatic heterocycles. The molecule has 1 aliphatic carbocycles. The predicted octanol–water partition coefficient (Wildman–Crippen LogP) is 5.18. The number of fused-ring (bicyclic) bond motifs is 1. The van der Waals surface area contributed by atoms with Crippen LogP contribution in [0.25, 0.3) is 0 Å². The lowest BCUT2D eigenvalue weighted by atomic mass is 9.63. The van der Waals surface area contributed by atoms with E-state index in [9.17, 15) is 9.35 Å². The maximum absolute atomic E-state index is 13.0. The third-order valence-corrected chi connectivity index (χ3v) is 6.95. The lowest BCUT2D eigenvalue weighted by Crippen LogP contribution is -2.34. The Balaban J connectivity index is 1.93. The molecule has 0 radical (unpaired) electrons. The van der Waals surface area contributed by atoms with Gasteiger partial charge in [-0.05, 0) is 66.0 Å². The summed E-state index contributed by atoms with van der Waals surface area (Å²) in [5.41, 5.74) is 4.65. The van der Waals surface area contributed by atoms with Crippen LogP contribution in [0.1, 0.15) is 67.6 Å². The molecule has 0 bridgehead atoms. The molecule has 1 atom stereocenters. The zero-order chi connectivity index (χ0) is 20.0. The van der Waals surface area contributed by atoms with E-state index in [1.165, 1.54) is 23.3 Å². The van der Waals surface area contributed by atoms with Gasteiger partial charge in [0.05, 0.1) is 11.3 Å². The number of rotatable bonds is 4. The van der Waals surface area contributed by atoms with Crippen LogP contribution >= 0.6 is 0 Å². The molecule has 3 rings (SSSR count). The number of hydrogen-bond donors (Lipinski definition) is 2. The Kier molecular flexibility index (Phi) is 5.04. The molecular weight excluding hydrogens is 358 g/mol. The van der Waals surface area contributed by atoms with E-state index in [0.29, 0.717) is 5.69 Å². The fraction of sp³-hybridized carbons (Fsp3) is 0.409. The van der Waals surface area contributed by atoms with Crippen LogP contribution < -0.4 is 4.72 Å². The Bertz CT molecular complexity index is 872. The van der Waals surface area contributed by atoms with E-state index >= 15 is 0 Å². The second kappa shape index (κ2) is 6.88. The number of carboxylic acid groups (broad SMARTS) is 1. The third kappa shape index (κ3) is 3.85. The minimum absolute atomic E-state index is 0.0562. The zero-order valence-electron chi connectivity index (χ0n) is 16.6. The van der Waals surface area contributed by atoms with Gasteiger partial charge in [0.25, 0.3) is 0 Å². The van der Waals surface area contributed by atoms with Gasteiger partial charge in [0.2, 0.25) is 0 Å². The van der Waals surface area contributed by atoms with Gasteiger partial charge in [-0.3, -0.25) is 0 Å². The van der Waals surface area contributed by atoms with Crippen molar-refractivity contribution in [3.05, 3.63) is 58.7 Å². The normalized spacial score (nSPS) is 18.4. The Morgan fingerprint density at radius 3 is 2.07 bits per heavy atom. The molecule has 0 heterocycles. The first-order chi connectivity index (χ1) is 12.5. The molecule has 144 valence electrons. The van der Waals surface area contributed by atoms with Gasteiger partial charge in [0, 0.05) is 11.6 Å². The van der Waals surface area contributed by atoms with Crippen molar-refractivity contribution < 1.29 is 14.5 Å². The van der Waals surface area contributed by atoms with Gasteiger partial charge in [-0.2, -0.15) is 0 Å². The number of carbonyl (C=O) groups is 1. The van der Waals surface area contributed by atoms with Gasteiger partial charge in [0.15, 0.2) is 4.90 Å². The van der Waals surface area contributed by atoms with E-state index in [4.69, 9.17) is 5.11 Å². The first-order valence-electron chi connectivity index (χ1n) is 9.19. The average Bonchev–Trinajstić information content (AvgIpc) is 2.59. The lowest BCUT2D eigenvalue weighted by Gasteiger charge is -2.42. The SMILES string of the molecule is Cc1cc2c(cc1[S+]([O-])Nc1ccc(C(=O)O)cc1)C(C)(C)CCC2(C)C. The molecule has 2 aromatic carbocycles. The number of carboxylic acids is 1. The molecule has 1 unspecified atom stereocenters. The van der Waals surface area contributed by atoms with Crippen LogP contribution in [0.15, 0.2) is 41.3 Å². The highest BCUT2D eigenvalue weighted by Crippen LogP contribution is 2.47. The minimum atomic E-state index is -1.42. The smallest absolute Gasteiger partial charge is 0.335 e. The Labute approximate surface area is 164 Å². The second-order valence-electron chi connectivity index (χ2n) is 8.68. The average molecular weight is 386 g/mol. The molecule has 0 fully saturated rings. The van der Waals surface area contributed by atoms with Crippen molar-refractivity contribution in [3.63, 3.8) is 0 Å². The fourth-order valence-corrected chi connectivity index (χ4v) is 4.78. The number of hydrogen-bond acceptors (Lipinski definition) is 3. The number of aromatic carboxylic acids is 1. The topological polar surface area (TPSA) is 72.4 Å². The Morgan fingerprint density at radius 1 is 1.04 bits per heavy atom. The first-order valence-corrected chi connectivity index (χ1v) is 10.3. The van der Waals surface area contributed by atoms with Crippen LogP contribution in [0.3, 0.4) is 0 Å². The molecule has 27 heavy (non-hydrogen) atoms. The zero-order valence-corrected chi connectivity index (χ0v) is 17.4. The maximum Gasteiger partial charge on any atom is 0.335 e. The fourth-order valence-electron chi connectivity index (χ4n) is 3.74. The van der Waals surface area contributed by atoms with Crippen molar-refractivity contribution in [2.75, 3.05) is 4.72 Å². The van der Waals surface area contributed by atoms with E-state index < -0.39 is 17.3 Å². The number of aryl methyl sites for hydroxylation is 1. The van der Waals surface area contributed by atoms with Crippen molar-refractivity contribution >= 4 is 23.0 Å². The summed E-state index contributed by atoms with van der Waals surface area (Å²) in [5, 5.41) is 9.00. The summed E-state index contributed by atoms with van der Waals surface area (Å²) in [4.78, 5) is 11.7. The number of benzene rings is 2. The molecule has 4 nitrogen and oxygen atoms in total. The summed E-state index contributed by atoms with van der Waals surface area (Å²) in [7, 11) is 0. The van der Waals surface area contributed by atoms with Crippen LogP contribution in [-0.2, 0) is 22.2 Å². The molecule has 0 saturated carbocycles. The van der Waals surface area contributed by atoms with Crippen molar-refractivity contribution in [2.45, 2.75) is 63.2 Å². The standard InChI is InChI=1S/C22H27NO3S/c1-14-12-17-18(22(4,5)11-10-21(17,2)3)13-19(14)27(26)23-16-8-6-15(7-9-16)20(24)25/h6-9,12-13,23H,10-11H2,1-5H3,(H,24,25). The molecular formula is C22H27NO3S. The monoisotopic (exact) mass is 385 g/mol. The summed E-state index contributed by atoms with van der Waals surface area (Å²) in [6.07, 6.45) is 2.25. The molecule has 0 saturated heterocycles. The highest BCUT2D eigenvalue weighted by atomic mass is 32.2. The van der Waals surface area contributed by atoms with E-state index in [1.54, 1.807) is 12.1 Å². The van der Waals surface area contributed by atoms with Gasteiger partial charge in [-0.15, -0.1) is 0 Å². The van der Waals surface area contributed by atoms with E-state index in [1.807, 2.05) is 6.92 Å². The Morgan fingerprint density at radius 2 is 1.56 bits per heavy atom. The van der Waals surface area contributed by atoms with Crippen LogP contribution in [0.4, 0.5) is 5.69 Å². The number of nitrogens with one attached hydrogen (secondary N) is 1. The summed E-state index contributed by atoms with van der Waals surface area (Å²) in [5.74, 6) is -0.974. The van der Waals surface area contributed by atoms with Gasteiger partial charge >= 0.3 is 5.97 Å². The summed E-state index contributed by atoms with van der Waals surface area (Å²) < 4.78 is 16.0. The van der Waals surface area contributed by atoms with Crippen molar-refractivity contribution in [1.82, 2.24) is 0 Å². The highest BCUT2D eigenvalue weighted by Gasteiger charge is 2.38. The third-order valence-electron chi connectivity index (χ3n) is 5.69. The van der Waals surface area contributed by atoms with E-state index in [2.05, 4.69) is 44.5 Å². The van der Waals surface area contributed by atoms with Crippen LogP contribution in [0, 0.1) is 6.92 Å². The van der Waals surface area contributed by atoms with Gasteiger partial charge in [0.1, 0.15) is 11.4 Å². The Hall–Kier alpha value is -1.98. The maximum atomic E-state index is 13.0. The minimum Gasteiger partial charge on any atom is -0.588 e. The van der Waals surface area contributed by atoms with Gasteiger partial charge in [-0.1, -0.05) is 33.8 Å². The molecule has 0 spiro atoms. The summed E-state index contributed by atoms with van der Waals surface area (Å²) in [6, 6.07) is 10.6. The molecule has 2 N–H and O–H groups in total. The molecule has 1 aliphatic rings. The molecule has 0 aromatic heterocycles.